The van der Waals surface area contributed by atoms with Crippen LogP contribution in [0.25, 0.3) is 11.0 Å². The molecule has 1 saturated carbocycles. The Kier molecular flexibility index (Phi) is 2.13. The van der Waals surface area contributed by atoms with E-state index in [0.29, 0.717) is 5.92 Å². The van der Waals surface area contributed by atoms with Gasteiger partial charge < -0.3 is 0 Å². The average molecular weight is 216 g/mol. The summed E-state index contributed by atoms with van der Waals surface area (Å²) in [5, 5.41) is 0. The van der Waals surface area contributed by atoms with Crippen molar-refractivity contribution >= 4 is 11.0 Å². The number of aryl methyl sites for hydroxylation is 1. The lowest BCUT2D eigenvalue weighted by atomic mass is 9.85. The molecule has 1 aromatic heterocycles. The van der Waals surface area contributed by atoms with Gasteiger partial charge in [-0.05, 0) is 30.9 Å². The Morgan fingerprint density at radius 3 is 2.56 bits per heavy atom. The van der Waals surface area contributed by atoms with Gasteiger partial charge in [0.25, 0.3) is 0 Å². The summed E-state index contributed by atoms with van der Waals surface area (Å²) in [6, 6.07) is 8.03. The van der Waals surface area contributed by atoms with Crippen molar-refractivity contribution in [2.75, 3.05) is 0 Å². The molecule has 3 rings (SSSR count). The van der Waals surface area contributed by atoms with E-state index in [0.717, 1.165) is 17.6 Å². The lowest BCUT2D eigenvalue weighted by molar-refractivity contribution is 0.276. The third-order valence-corrected chi connectivity index (χ3v) is 3.72. The molecule has 3 nitrogen and oxygen atoms in total. The van der Waals surface area contributed by atoms with E-state index in [1.165, 1.54) is 19.3 Å². The van der Waals surface area contributed by atoms with Gasteiger partial charge in [-0.2, -0.15) is 0 Å². The number of fused-ring (bicyclic) bond motifs is 1. The summed E-state index contributed by atoms with van der Waals surface area (Å²) in [5.41, 5.74) is 2.22. The maximum absolute atomic E-state index is 12.1. The Balaban J connectivity index is 2.14. The summed E-state index contributed by atoms with van der Waals surface area (Å²) in [6.45, 7) is 0.889. The summed E-state index contributed by atoms with van der Waals surface area (Å²) < 4.78 is 3.67. The van der Waals surface area contributed by atoms with Crippen LogP contribution in [0.3, 0.4) is 0 Å². The molecular formula is C13H16N2O. The summed E-state index contributed by atoms with van der Waals surface area (Å²) in [6.07, 6.45) is 3.87. The minimum Gasteiger partial charge on any atom is -0.295 e. The average Bonchev–Trinajstić information content (AvgIpc) is 2.48. The van der Waals surface area contributed by atoms with Gasteiger partial charge in [0.2, 0.25) is 0 Å². The van der Waals surface area contributed by atoms with Crippen LogP contribution in [-0.2, 0) is 13.6 Å². The van der Waals surface area contributed by atoms with E-state index in [9.17, 15) is 4.79 Å². The molecule has 0 bridgehead atoms. The number of aromatic nitrogens is 2. The van der Waals surface area contributed by atoms with Gasteiger partial charge in [-0.3, -0.25) is 9.13 Å². The molecule has 0 radical (unpaired) electrons. The Bertz CT molecular complexity index is 575. The second kappa shape index (κ2) is 3.51. The van der Waals surface area contributed by atoms with E-state index in [1.54, 1.807) is 4.57 Å². The normalized spacial score (nSPS) is 16.6. The first-order chi connectivity index (χ1) is 7.77. The molecule has 0 amide bonds. The zero-order chi connectivity index (χ0) is 11.1. The standard InChI is InChI=1S/C13H16N2O/c1-14-11-7-2-3-8-12(11)15(13(14)16)9-10-5-4-6-10/h2-3,7-8,10H,4-6,9H2,1H3. The van der Waals surface area contributed by atoms with Crippen LogP contribution in [0.2, 0.25) is 0 Å². The number of hydrogen-bond acceptors (Lipinski definition) is 1. The zero-order valence-corrected chi connectivity index (χ0v) is 9.52. The quantitative estimate of drug-likeness (QED) is 0.755. The summed E-state index contributed by atoms with van der Waals surface area (Å²) in [7, 11) is 1.85. The topological polar surface area (TPSA) is 26.9 Å². The Labute approximate surface area is 94.3 Å². The molecule has 0 unspecified atom stereocenters. The van der Waals surface area contributed by atoms with Gasteiger partial charge >= 0.3 is 5.69 Å². The van der Waals surface area contributed by atoms with Crippen molar-refractivity contribution in [1.82, 2.24) is 9.13 Å². The monoisotopic (exact) mass is 216 g/mol. The van der Waals surface area contributed by atoms with Crippen molar-refractivity contribution in [3.05, 3.63) is 34.7 Å². The first-order valence-corrected chi connectivity index (χ1v) is 5.91. The summed E-state index contributed by atoms with van der Waals surface area (Å²) in [4.78, 5) is 12.1. The first-order valence-electron chi connectivity index (χ1n) is 5.91. The smallest absolute Gasteiger partial charge is 0.295 e. The van der Waals surface area contributed by atoms with Crippen molar-refractivity contribution in [1.29, 1.82) is 0 Å². The summed E-state index contributed by atoms with van der Waals surface area (Å²) >= 11 is 0. The molecule has 1 fully saturated rings. The minimum absolute atomic E-state index is 0.119. The van der Waals surface area contributed by atoms with E-state index < -0.39 is 0 Å². The predicted octanol–water partition coefficient (Wildman–Crippen LogP) is 2.14. The van der Waals surface area contributed by atoms with Gasteiger partial charge in [0.15, 0.2) is 0 Å². The zero-order valence-electron chi connectivity index (χ0n) is 9.52. The van der Waals surface area contributed by atoms with Gasteiger partial charge in [0.05, 0.1) is 11.0 Å². The van der Waals surface area contributed by atoms with Crippen LogP contribution in [0.15, 0.2) is 29.1 Å². The Morgan fingerprint density at radius 2 is 1.94 bits per heavy atom. The molecule has 0 spiro atoms. The SMILES string of the molecule is Cn1c(=O)n(CC2CCC2)c2ccccc21. The van der Waals surface area contributed by atoms with Gasteiger partial charge in [-0.1, -0.05) is 18.6 Å². The van der Waals surface area contributed by atoms with Crippen molar-refractivity contribution in [3.8, 4) is 0 Å². The molecule has 1 aromatic carbocycles. The van der Waals surface area contributed by atoms with Gasteiger partial charge in [-0.25, -0.2) is 4.79 Å². The van der Waals surface area contributed by atoms with Crippen molar-refractivity contribution < 1.29 is 0 Å². The highest BCUT2D eigenvalue weighted by Crippen LogP contribution is 2.28. The van der Waals surface area contributed by atoms with Gasteiger partial charge in [0.1, 0.15) is 0 Å². The highest BCUT2D eigenvalue weighted by atomic mass is 16.1. The van der Waals surface area contributed by atoms with Crippen LogP contribution in [0, 0.1) is 5.92 Å². The van der Waals surface area contributed by atoms with Gasteiger partial charge in [0, 0.05) is 13.6 Å². The largest absolute Gasteiger partial charge is 0.328 e. The molecule has 0 atom stereocenters. The maximum atomic E-state index is 12.1. The van der Waals surface area contributed by atoms with Crippen LogP contribution < -0.4 is 5.69 Å². The second-order valence-corrected chi connectivity index (χ2v) is 4.74. The number of rotatable bonds is 2. The molecule has 0 aliphatic heterocycles. The fourth-order valence-corrected chi connectivity index (χ4v) is 2.47. The van der Waals surface area contributed by atoms with Gasteiger partial charge in [-0.15, -0.1) is 0 Å². The molecule has 0 N–H and O–H groups in total. The minimum atomic E-state index is 0.119. The molecule has 2 aromatic rings. The fraction of sp³-hybridized carbons (Fsp3) is 0.462. The second-order valence-electron chi connectivity index (χ2n) is 4.74. The van der Waals surface area contributed by atoms with E-state index in [4.69, 9.17) is 0 Å². The lowest BCUT2D eigenvalue weighted by Gasteiger charge is -2.25. The van der Waals surface area contributed by atoms with Crippen molar-refractivity contribution in [2.45, 2.75) is 25.8 Å². The van der Waals surface area contributed by atoms with Crippen LogP contribution in [-0.4, -0.2) is 9.13 Å². The lowest BCUT2D eigenvalue weighted by Crippen LogP contribution is -2.27. The predicted molar refractivity (Wildman–Crippen MR) is 64.5 cm³/mol. The number of nitrogens with zero attached hydrogens (tertiary/aromatic N) is 2. The van der Waals surface area contributed by atoms with E-state index >= 15 is 0 Å². The fourth-order valence-electron chi connectivity index (χ4n) is 2.47. The third-order valence-electron chi connectivity index (χ3n) is 3.72. The summed E-state index contributed by atoms with van der Waals surface area (Å²) in [5.74, 6) is 0.712. The number of benzene rings is 1. The maximum Gasteiger partial charge on any atom is 0.328 e. The molecule has 3 heteroatoms. The molecule has 0 saturated heterocycles. The molecule has 16 heavy (non-hydrogen) atoms. The molecular weight excluding hydrogens is 200 g/mol. The first kappa shape index (κ1) is 9.70. The molecule has 1 heterocycles. The molecule has 1 aliphatic carbocycles. The van der Waals surface area contributed by atoms with Crippen molar-refractivity contribution in [2.24, 2.45) is 13.0 Å². The highest BCUT2D eigenvalue weighted by Gasteiger charge is 2.20. The Morgan fingerprint density at radius 1 is 1.25 bits per heavy atom. The van der Waals surface area contributed by atoms with Crippen molar-refractivity contribution in [3.63, 3.8) is 0 Å². The molecule has 84 valence electrons. The number of imidazole rings is 1. The van der Waals surface area contributed by atoms with E-state index in [2.05, 4.69) is 0 Å². The van der Waals surface area contributed by atoms with E-state index in [-0.39, 0.29) is 5.69 Å². The molecule has 1 aliphatic rings. The third kappa shape index (κ3) is 1.31. The van der Waals surface area contributed by atoms with Crippen LogP contribution >= 0.6 is 0 Å². The van der Waals surface area contributed by atoms with Crippen LogP contribution in [0.1, 0.15) is 19.3 Å². The van der Waals surface area contributed by atoms with E-state index in [1.807, 2.05) is 35.9 Å². The number of hydrogen-bond donors (Lipinski definition) is 0. The highest BCUT2D eigenvalue weighted by molar-refractivity contribution is 5.75. The Hall–Kier alpha value is -1.51. The van der Waals surface area contributed by atoms with Crippen LogP contribution in [0.5, 0.6) is 0 Å². The number of para-hydroxylation sites is 2. The van der Waals surface area contributed by atoms with Crippen LogP contribution in [0.4, 0.5) is 0 Å².